The molecule has 1 aromatic carbocycles. The molecule has 0 amide bonds. The van der Waals surface area contributed by atoms with Crippen molar-refractivity contribution in [3.8, 4) is 0 Å². The van der Waals surface area contributed by atoms with E-state index in [9.17, 15) is 0 Å². The zero-order valence-electron chi connectivity index (χ0n) is 14.6. The number of hydrogen-bond acceptors (Lipinski definition) is 7. The van der Waals surface area contributed by atoms with Crippen molar-refractivity contribution in [2.24, 2.45) is 11.7 Å². The maximum absolute atomic E-state index is 9.16. The Labute approximate surface area is 166 Å². The van der Waals surface area contributed by atoms with Crippen molar-refractivity contribution >= 4 is 30.8 Å². The van der Waals surface area contributed by atoms with E-state index in [2.05, 4.69) is 20.4 Å². The summed E-state index contributed by atoms with van der Waals surface area (Å²) in [6.45, 7) is 4.02. The number of nitrogens with zero attached hydrogens (tertiary/aromatic N) is 3. The maximum atomic E-state index is 9.16. The van der Waals surface area contributed by atoms with Gasteiger partial charge in [0, 0.05) is 19.7 Å². The molecule has 0 radical (unpaired) electrons. The minimum atomic E-state index is -0.410. The SMILES string of the molecule is Cl.Cl.N[C@H](c1ccccc1)c1nnc(NCCN2CCC(CO)CC2)o1. The van der Waals surface area contributed by atoms with Crippen LogP contribution in [0, 0.1) is 5.92 Å². The molecule has 1 saturated heterocycles. The van der Waals surface area contributed by atoms with Gasteiger partial charge in [0.05, 0.1) is 0 Å². The van der Waals surface area contributed by atoms with Gasteiger partial charge in [-0.3, -0.25) is 0 Å². The molecule has 1 fully saturated rings. The molecule has 1 aliphatic heterocycles. The molecular weight excluding hydrogens is 377 g/mol. The number of aromatic nitrogens is 2. The predicted octanol–water partition coefficient (Wildman–Crippen LogP) is 2.08. The molecule has 1 aromatic heterocycles. The summed E-state index contributed by atoms with van der Waals surface area (Å²) in [6, 6.07) is 9.69. The van der Waals surface area contributed by atoms with Gasteiger partial charge in [0.2, 0.25) is 5.89 Å². The Hall–Kier alpha value is -1.38. The monoisotopic (exact) mass is 403 g/mol. The summed E-state index contributed by atoms with van der Waals surface area (Å²) in [7, 11) is 0. The van der Waals surface area contributed by atoms with Gasteiger partial charge >= 0.3 is 6.01 Å². The highest BCUT2D eigenvalue weighted by molar-refractivity contribution is 5.85. The van der Waals surface area contributed by atoms with E-state index < -0.39 is 6.04 Å². The fourth-order valence-electron chi connectivity index (χ4n) is 2.95. The van der Waals surface area contributed by atoms with E-state index >= 15 is 0 Å². The van der Waals surface area contributed by atoms with E-state index in [-0.39, 0.29) is 24.8 Å². The molecule has 0 saturated carbocycles. The van der Waals surface area contributed by atoms with Crippen LogP contribution in [0.2, 0.25) is 0 Å². The highest BCUT2D eigenvalue weighted by atomic mass is 35.5. The van der Waals surface area contributed by atoms with Gasteiger partial charge in [-0.15, -0.1) is 29.9 Å². The zero-order chi connectivity index (χ0) is 16.8. The molecule has 0 bridgehead atoms. The van der Waals surface area contributed by atoms with E-state index in [0.29, 0.717) is 24.4 Å². The molecule has 2 heterocycles. The lowest BCUT2D eigenvalue weighted by Gasteiger charge is -2.30. The number of likely N-dealkylation sites (tertiary alicyclic amines) is 1. The van der Waals surface area contributed by atoms with Crippen LogP contribution < -0.4 is 11.1 Å². The molecule has 0 spiro atoms. The third-order valence-electron chi connectivity index (χ3n) is 4.53. The summed E-state index contributed by atoms with van der Waals surface area (Å²) >= 11 is 0. The van der Waals surface area contributed by atoms with Crippen molar-refractivity contribution in [1.29, 1.82) is 0 Å². The number of nitrogens with one attached hydrogen (secondary N) is 1. The van der Waals surface area contributed by atoms with Crippen LogP contribution in [-0.4, -0.2) is 53.0 Å². The van der Waals surface area contributed by atoms with Crippen molar-refractivity contribution in [1.82, 2.24) is 15.1 Å². The van der Waals surface area contributed by atoms with Crippen LogP contribution in [0.25, 0.3) is 0 Å². The van der Waals surface area contributed by atoms with Crippen LogP contribution in [-0.2, 0) is 0 Å². The first-order valence-electron chi connectivity index (χ1n) is 8.47. The largest absolute Gasteiger partial charge is 0.406 e. The summed E-state index contributed by atoms with van der Waals surface area (Å²) < 4.78 is 5.61. The number of nitrogens with two attached hydrogens (primary N) is 1. The first-order valence-corrected chi connectivity index (χ1v) is 8.47. The molecular formula is C17H27Cl2N5O2. The third-order valence-corrected chi connectivity index (χ3v) is 4.53. The van der Waals surface area contributed by atoms with Crippen LogP contribution in [0.15, 0.2) is 34.7 Å². The van der Waals surface area contributed by atoms with Crippen LogP contribution in [0.1, 0.15) is 30.3 Å². The van der Waals surface area contributed by atoms with Crippen molar-refractivity contribution in [2.45, 2.75) is 18.9 Å². The predicted molar refractivity (Wildman–Crippen MR) is 106 cm³/mol. The number of anilines is 1. The normalized spacial score (nSPS) is 16.4. The van der Waals surface area contributed by atoms with Crippen LogP contribution in [0.4, 0.5) is 6.01 Å². The van der Waals surface area contributed by atoms with Gasteiger partial charge in [-0.1, -0.05) is 35.4 Å². The van der Waals surface area contributed by atoms with Crippen molar-refractivity contribution in [2.75, 3.05) is 38.1 Å². The molecule has 9 heteroatoms. The number of rotatable bonds is 7. The van der Waals surface area contributed by atoms with Gasteiger partial charge in [0.15, 0.2) is 0 Å². The maximum Gasteiger partial charge on any atom is 0.315 e. The first kappa shape index (κ1) is 22.7. The minimum absolute atomic E-state index is 0. The van der Waals surface area contributed by atoms with Crippen LogP contribution in [0.5, 0.6) is 0 Å². The summed E-state index contributed by atoms with van der Waals surface area (Å²) in [6.07, 6.45) is 2.13. The number of hydrogen-bond donors (Lipinski definition) is 3. The molecule has 7 nitrogen and oxygen atoms in total. The van der Waals surface area contributed by atoms with E-state index in [1.54, 1.807) is 0 Å². The van der Waals surface area contributed by atoms with Gasteiger partial charge in [-0.2, -0.15) is 0 Å². The Morgan fingerprint density at radius 3 is 2.54 bits per heavy atom. The lowest BCUT2D eigenvalue weighted by Crippen LogP contribution is -2.37. The molecule has 146 valence electrons. The van der Waals surface area contributed by atoms with Gasteiger partial charge in [-0.05, 0) is 37.4 Å². The summed E-state index contributed by atoms with van der Waals surface area (Å²) in [5, 5.41) is 20.4. The van der Waals surface area contributed by atoms with E-state index in [4.69, 9.17) is 15.3 Å². The Kier molecular flexibility index (Phi) is 9.90. The Morgan fingerprint density at radius 1 is 1.19 bits per heavy atom. The average molecular weight is 404 g/mol. The minimum Gasteiger partial charge on any atom is -0.406 e. The fourth-order valence-corrected chi connectivity index (χ4v) is 2.95. The molecule has 0 unspecified atom stereocenters. The van der Waals surface area contributed by atoms with Crippen molar-refractivity contribution < 1.29 is 9.52 Å². The molecule has 26 heavy (non-hydrogen) atoms. The first-order chi connectivity index (χ1) is 11.8. The lowest BCUT2D eigenvalue weighted by atomic mass is 9.98. The second-order valence-electron chi connectivity index (χ2n) is 6.23. The van der Waals surface area contributed by atoms with Crippen LogP contribution in [0.3, 0.4) is 0 Å². The Balaban J connectivity index is 0.00000169. The zero-order valence-corrected chi connectivity index (χ0v) is 16.2. The van der Waals surface area contributed by atoms with Crippen molar-refractivity contribution in [3.63, 3.8) is 0 Å². The second kappa shape index (κ2) is 11.4. The van der Waals surface area contributed by atoms with Crippen molar-refractivity contribution in [3.05, 3.63) is 41.8 Å². The summed E-state index contributed by atoms with van der Waals surface area (Å²) in [5.41, 5.74) is 7.09. The molecule has 0 aliphatic carbocycles. The van der Waals surface area contributed by atoms with Gasteiger partial charge < -0.3 is 25.5 Å². The highest BCUT2D eigenvalue weighted by Crippen LogP contribution is 2.19. The van der Waals surface area contributed by atoms with E-state index in [1.807, 2.05) is 30.3 Å². The quantitative estimate of drug-likeness (QED) is 0.650. The molecule has 4 N–H and O–H groups in total. The van der Waals surface area contributed by atoms with E-state index in [0.717, 1.165) is 44.6 Å². The lowest BCUT2D eigenvalue weighted by molar-refractivity contribution is 0.134. The topological polar surface area (TPSA) is 100 Å². The smallest absolute Gasteiger partial charge is 0.315 e. The Morgan fingerprint density at radius 2 is 1.88 bits per heavy atom. The number of piperidine rings is 1. The average Bonchev–Trinajstić information content (AvgIpc) is 3.11. The molecule has 2 aromatic rings. The fraction of sp³-hybridized carbons (Fsp3) is 0.529. The Bertz CT molecular complexity index is 621. The van der Waals surface area contributed by atoms with Gasteiger partial charge in [-0.25, -0.2) is 0 Å². The second-order valence-corrected chi connectivity index (χ2v) is 6.23. The molecule has 3 rings (SSSR count). The number of aliphatic hydroxyl groups excluding tert-OH is 1. The highest BCUT2D eigenvalue weighted by Gasteiger charge is 2.19. The number of halogens is 2. The van der Waals surface area contributed by atoms with E-state index in [1.165, 1.54) is 0 Å². The molecule has 1 atom stereocenters. The number of aliphatic hydroxyl groups is 1. The van der Waals surface area contributed by atoms with Crippen LogP contribution >= 0.6 is 24.8 Å². The summed E-state index contributed by atoms with van der Waals surface area (Å²) in [4.78, 5) is 2.38. The summed E-state index contributed by atoms with van der Waals surface area (Å²) in [5.74, 6) is 0.875. The standard InChI is InChI=1S/C17H25N5O2.2ClH/c18-15(14-4-2-1-3-5-14)16-20-21-17(24-16)19-8-11-22-9-6-13(12-23)7-10-22;;/h1-5,13,15,23H,6-12,18H2,(H,19,21);2*1H/t15-;;/m1../s1. The van der Waals surface area contributed by atoms with Gasteiger partial charge in [0.25, 0.3) is 0 Å². The molecule has 1 aliphatic rings. The third kappa shape index (κ3) is 6.10. The van der Waals surface area contributed by atoms with Gasteiger partial charge in [0.1, 0.15) is 6.04 Å². The number of benzene rings is 1.